The summed E-state index contributed by atoms with van der Waals surface area (Å²) in [5.74, 6) is 0. The van der Waals surface area contributed by atoms with Gasteiger partial charge in [0.2, 0.25) is 0 Å². The predicted octanol–water partition coefficient (Wildman–Crippen LogP) is 7.32. The van der Waals surface area contributed by atoms with Gasteiger partial charge in [-0.3, -0.25) is 0 Å². The Hall–Kier alpha value is -3.59. The van der Waals surface area contributed by atoms with Crippen molar-refractivity contribution in [2.75, 3.05) is 0 Å². The van der Waals surface area contributed by atoms with Gasteiger partial charge in [0, 0.05) is 16.2 Å². The quantitative estimate of drug-likeness (QED) is 0.294. The van der Waals surface area contributed by atoms with E-state index in [4.69, 9.17) is 4.42 Å². The van der Waals surface area contributed by atoms with Gasteiger partial charge < -0.3 is 8.98 Å². The van der Waals surface area contributed by atoms with E-state index in [1.807, 2.05) is 6.07 Å². The van der Waals surface area contributed by atoms with Gasteiger partial charge in [-0.15, -0.1) is 0 Å². The average Bonchev–Trinajstić information content (AvgIpc) is 3.46. The molecule has 0 bridgehead atoms. The highest BCUT2D eigenvalue weighted by Gasteiger charge is 2.40. The summed E-state index contributed by atoms with van der Waals surface area (Å²) in [6, 6.07) is 19.6. The van der Waals surface area contributed by atoms with Crippen molar-refractivity contribution < 1.29 is 4.42 Å². The fourth-order valence-electron chi connectivity index (χ4n) is 5.91. The number of aromatic nitrogens is 2. The van der Waals surface area contributed by atoms with Crippen molar-refractivity contribution in [1.29, 1.82) is 0 Å². The lowest BCUT2D eigenvalue weighted by Crippen LogP contribution is -2.18. The number of oxazole rings is 1. The summed E-state index contributed by atoms with van der Waals surface area (Å²) in [6.07, 6.45) is 8.47. The van der Waals surface area contributed by atoms with Crippen molar-refractivity contribution in [2.45, 2.75) is 32.1 Å². The zero-order valence-corrected chi connectivity index (χ0v) is 17.6. The Balaban J connectivity index is 1.71. The highest BCUT2D eigenvalue weighted by Crippen LogP contribution is 2.53. The van der Waals surface area contributed by atoms with Gasteiger partial charge in [-0.05, 0) is 53.3 Å². The fourth-order valence-corrected chi connectivity index (χ4v) is 5.91. The van der Waals surface area contributed by atoms with Crippen LogP contribution in [0.4, 0.5) is 0 Å². The molecule has 2 aliphatic rings. The normalized spacial score (nSPS) is 17.1. The van der Waals surface area contributed by atoms with Crippen molar-refractivity contribution in [1.82, 2.24) is 9.55 Å². The molecule has 0 saturated heterocycles. The van der Waals surface area contributed by atoms with Crippen LogP contribution in [-0.4, -0.2) is 9.55 Å². The summed E-state index contributed by atoms with van der Waals surface area (Å²) in [6.45, 7) is 4.75. The molecule has 0 unspecified atom stereocenters. The Morgan fingerprint density at radius 2 is 1.87 bits per heavy atom. The Kier molecular flexibility index (Phi) is 3.18. The molecule has 2 heterocycles. The molecule has 2 aromatic heterocycles. The first kappa shape index (κ1) is 17.1. The minimum absolute atomic E-state index is 0.0507. The van der Waals surface area contributed by atoms with Crippen LogP contribution in [0, 0.1) is 0 Å². The van der Waals surface area contributed by atoms with E-state index in [9.17, 15) is 0 Å². The second kappa shape index (κ2) is 5.76. The van der Waals surface area contributed by atoms with E-state index >= 15 is 0 Å². The minimum Gasteiger partial charge on any atom is -0.443 e. The maximum absolute atomic E-state index is 5.65. The van der Waals surface area contributed by atoms with Crippen LogP contribution in [-0.2, 0) is 5.41 Å². The number of allylic oxidation sites excluding steroid dienone is 4. The second-order valence-electron chi connectivity index (χ2n) is 9.17. The van der Waals surface area contributed by atoms with E-state index in [-0.39, 0.29) is 5.41 Å². The van der Waals surface area contributed by atoms with Crippen LogP contribution >= 0.6 is 0 Å². The molecule has 0 fully saturated rings. The Morgan fingerprint density at radius 1 is 0.968 bits per heavy atom. The van der Waals surface area contributed by atoms with Gasteiger partial charge in [-0.25, -0.2) is 4.98 Å². The van der Waals surface area contributed by atoms with Gasteiger partial charge in [0.15, 0.2) is 12.0 Å². The molecular weight excluding hydrogens is 380 g/mol. The number of nitrogens with zero attached hydrogens (tertiary/aromatic N) is 2. The van der Waals surface area contributed by atoms with E-state index in [1.54, 1.807) is 6.39 Å². The zero-order valence-electron chi connectivity index (χ0n) is 17.6. The molecule has 0 radical (unpaired) electrons. The van der Waals surface area contributed by atoms with E-state index in [1.165, 1.54) is 44.1 Å². The molecule has 0 N–H and O–H groups in total. The first-order valence-corrected chi connectivity index (χ1v) is 11.0. The van der Waals surface area contributed by atoms with Crippen LogP contribution < -0.4 is 0 Å². The van der Waals surface area contributed by atoms with Crippen LogP contribution in [0.3, 0.4) is 0 Å². The predicted molar refractivity (Wildman–Crippen MR) is 127 cm³/mol. The number of para-hydroxylation sites is 2. The number of hydrogen-bond acceptors (Lipinski definition) is 2. The molecule has 0 saturated carbocycles. The minimum atomic E-state index is -0.0507. The standard InChI is InChI=1S/C28H22N2O/c1-28(2)21-10-5-3-8-17(21)19-14-15-20-18-9-4-6-11-22(18)30(27(20)25(19)28)23-12-7-13-24-26(23)29-16-31-24/h4-7,9-16H,3,8H2,1-2H3. The Bertz CT molecular complexity index is 1610. The van der Waals surface area contributed by atoms with Gasteiger partial charge >= 0.3 is 0 Å². The van der Waals surface area contributed by atoms with Crippen molar-refractivity contribution >= 4 is 38.5 Å². The van der Waals surface area contributed by atoms with Gasteiger partial charge in [0.1, 0.15) is 5.52 Å². The van der Waals surface area contributed by atoms with Gasteiger partial charge in [0.05, 0.1) is 16.7 Å². The molecule has 31 heavy (non-hydrogen) atoms. The van der Waals surface area contributed by atoms with Crippen molar-refractivity contribution in [3.8, 4) is 5.69 Å². The van der Waals surface area contributed by atoms with Crippen LogP contribution in [0.1, 0.15) is 37.8 Å². The molecule has 3 nitrogen and oxygen atoms in total. The van der Waals surface area contributed by atoms with Gasteiger partial charge in [-0.2, -0.15) is 0 Å². The van der Waals surface area contributed by atoms with Gasteiger partial charge in [-0.1, -0.05) is 62.4 Å². The zero-order chi connectivity index (χ0) is 20.7. The second-order valence-corrected chi connectivity index (χ2v) is 9.17. The first-order chi connectivity index (χ1) is 15.2. The largest absolute Gasteiger partial charge is 0.443 e. The number of hydrogen-bond donors (Lipinski definition) is 0. The lowest BCUT2D eigenvalue weighted by molar-refractivity contribution is 0.602. The molecule has 0 spiro atoms. The molecule has 0 amide bonds. The van der Waals surface area contributed by atoms with E-state index < -0.39 is 0 Å². The summed E-state index contributed by atoms with van der Waals surface area (Å²) in [5, 5.41) is 2.57. The molecule has 7 rings (SSSR count). The third-order valence-electron chi connectivity index (χ3n) is 7.21. The monoisotopic (exact) mass is 402 g/mol. The van der Waals surface area contributed by atoms with Crippen LogP contribution in [0.15, 0.2) is 83.1 Å². The smallest absolute Gasteiger partial charge is 0.182 e. The topological polar surface area (TPSA) is 31.0 Å². The molecule has 0 aliphatic heterocycles. The van der Waals surface area contributed by atoms with Crippen molar-refractivity contribution in [2.24, 2.45) is 0 Å². The SMILES string of the molecule is CC1(C)C2=C(CCC=C2)c2ccc3c4ccccc4n(-c4cccc5ocnc45)c3c21. The van der Waals surface area contributed by atoms with Crippen molar-refractivity contribution in [3.63, 3.8) is 0 Å². The summed E-state index contributed by atoms with van der Waals surface area (Å²) < 4.78 is 8.06. The molecule has 5 aromatic rings. The lowest BCUT2D eigenvalue weighted by Gasteiger charge is -2.25. The molecular formula is C28H22N2O. The molecule has 150 valence electrons. The first-order valence-electron chi connectivity index (χ1n) is 11.0. The van der Waals surface area contributed by atoms with Gasteiger partial charge in [0.25, 0.3) is 0 Å². The molecule has 0 atom stereocenters. The Labute approximate surface area is 180 Å². The maximum Gasteiger partial charge on any atom is 0.182 e. The number of rotatable bonds is 1. The maximum atomic E-state index is 5.65. The number of fused-ring (bicyclic) bond motifs is 7. The van der Waals surface area contributed by atoms with Crippen molar-refractivity contribution in [3.05, 3.63) is 89.8 Å². The Morgan fingerprint density at radius 3 is 2.81 bits per heavy atom. The third kappa shape index (κ3) is 2.06. The molecule has 3 heteroatoms. The highest BCUT2D eigenvalue weighted by atomic mass is 16.3. The summed E-state index contributed by atoms with van der Waals surface area (Å²) in [4.78, 5) is 4.58. The fraction of sp³-hybridized carbons (Fsp3) is 0.179. The van der Waals surface area contributed by atoms with Crippen LogP contribution in [0.25, 0.3) is 44.2 Å². The molecule has 2 aliphatic carbocycles. The number of benzene rings is 3. The highest BCUT2D eigenvalue weighted by molar-refractivity contribution is 6.13. The third-order valence-corrected chi connectivity index (χ3v) is 7.21. The molecule has 3 aromatic carbocycles. The summed E-state index contributed by atoms with van der Waals surface area (Å²) >= 11 is 0. The summed E-state index contributed by atoms with van der Waals surface area (Å²) in [7, 11) is 0. The van der Waals surface area contributed by atoms with Crippen LogP contribution in [0.5, 0.6) is 0 Å². The average molecular weight is 402 g/mol. The van der Waals surface area contributed by atoms with E-state index in [0.29, 0.717) is 0 Å². The van der Waals surface area contributed by atoms with Crippen LogP contribution in [0.2, 0.25) is 0 Å². The van der Waals surface area contributed by atoms with E-state index in [0.717, 1.165) is 29.6 Å². The lowest BCUT2D eigenvalue weighted by atomic mass is 9.79. The summed E-state index contributed by atoms with van der Waals surface area (Å²) in [5.41, 5.74) is 11.1. The van der Waals surface area contributed by atoms with E-state index in [2.05, 4.69) is 84.1 Å².